The lowest BCUT2D eigenvalue weighted by Crippen LogP contribution is -2.38. The van der Waals surface area contributed by atoms with Crippen LogP contribution in [0.4, 0.5) is 0 Å². The molecule has 2 aliphatic heterocycles. The van der Waals surface area contributed by atoms with Crippen LogP contribution in [-0.4, -0.2) is 11.5 Å². The molecule has 0 fully saturated rings. The second-order valence-corrected chi connectivity index (χ2v) is 9.01. The van der Waals surface area contributed by atoms with Gasteiger partial charge in [-0.3, -0.25) is 4.79 Å². The second-order valence-electron chi connectivity index (χ2n) is 6.96. The molecular weight excluding hydrogens is 324 g/mol. The van der Waals surface area contributed by atoms with E-state index in [0.717, 1.165) is 41.8 Å². The number of dihydropyridines is 1. The number of nitriles is 1. The van der Waals surface area contributed by atoms with Gasteiger partial charge in [0.2, 0.25) is 0 Å². The number of carbonyl (C=O) groups excluding carboxylic acids is 1. The van der Waals surface area contributed by atoms with E-state index in [-0.39, 0.29) is 17.1 Å². The van der Waals surface area contributed by atoms with Crippen LogP contribution in [0.1, 0.15) is 49.5 Å². The highest BCUT2D eigenvalue weighted by atomic mass is 32.2. The zero-order chi connectivity index (χ0) is 16.2. The molecule has 0 amide bonds. The summed E-state index contributed by atoms with van der Waals surface area (Å²) in [7, 11) is 0. The van der Waals surface area contributed by atoms with Gasteiger partial charge in [0.25, 0.3) is 0 Å². The van der Waals surface area contributed by atoms with Crippen molar-refractivity contribution < 1.29 is 4.79 Å². The standard InChI is InChI=1S/C18H18N2OS2/c1-18(2)5-3-12-15(17(18)21)14(10-7-11(8-19)23-9-10)16-13(20-12)4-6-22-16/h7,9,14,20H,3-6H2,1-2H3. The minimum atomic E-state index is -0.297. The van der Waals surface area contributed by atoms with E-state index < -0.39 is 0 Å². The summed E-state index contributed by atoms with van der Waals surface area (Å²) in [6.07, 6.45) is 2.87. The van der Waals surface area contributed by atoms with Gasteiger partial charge in [-0.1, -0.05) is 13.8 Å². The van der Waals surface area contributed by atoms with Gasteiger partial charge in [0, 0.05) is 39.0 Å². The molecule has 1 aromatic heterocycles. The molecule has 0 saturated heterocycles. The quantitative estimate of drug-likeness (QED) is 0.827. The normalized spacial score (nSPS) is 25.8. The molecule has 3 heterocycles. The van der Waals surface area contributed by atoms with E-state index in [1.165, 1.54) is 21.9 Å². The van der Waals surface area contributed by atoms with E-state index in [1.54, 1.807) is 0 Å². The van der Waals surface area contributed by atoms with Crippen LogP contribution in [0.3, 0.4) is 0 Å². The molecule has 1 atom stereocenters. The summed E-state index contributed by atoms with van der Waals surface area (Å²) in [6.45, 7) is 4.10. The van der Waals surface area contributed by atoms with Crippen LogP contribution < -0.4 is 5.32 Å². The lowest BCUT2D eigenvalue weighted by molar-refractivity contribution is -0.124. The van der Waals surface area contributed by atoms with Gasteiger partial charge in [-0.25, -0.2) is 0 Å². The third-order valence-corrected chi connectivity index (χ3v) is 7.06. The third kappa shape index (κ3) is 2.28. The second kappa shape index (κ2) is 5.25. The number of ketones is 1. The Labute approximate surface area is 144 Å². The molecule has 1 N–H and O–H groups in total. The molecule has 4 rings (SSSR count). The van der Waals surface area contributed by atoms with Crippen molar-refractivity contribution in [2.45, 2.75) is 39.0 Å². The topological polar surface area (TPSA) is 52.9 Å². The summed E-state index contributed by atoms with van der Waals surface area (Å²) in [5, 5.41) is 14.8. The molecule has 118 valence electrons. The Balaban J connectivity index is 1.87. The van der Waals surface area contributed by atoms with Gasteiger partial charge in [0.1, 0.15) is 10.9 Å². The summed E-state index contributed by atoms with van der Waals surface area (Å²) in [6, 6.07) is 4.19. The van der Waals surface area contributed by atoms with Crippen molar-refractivity contribution in [3.05, 3.63) is 43.8 Å². The summed E-state index contributed by atoms with van der Waals surface area (Å²) in [4.78, 5) is 15.1. The first-order chi connectivity index (χ1) is 11.0. The van der Waals surface area contributed by atoms with Crippen LogP contribution in [-0.2, 0) is 4.79 Å². The Bertz CT molecular complexity index is 807. The van der Waals surface area contributed by atoms with Crippen LogP contribution in [0.5, 0.6) is 0 Å². The molecule has 1 aliphatic carbocycles. The smallest absolute Gasteiger partial charge is 0.167 e. The number of rotatable bonds is 1. The molecule has 0 aromatic carbocycles. The number of carbonyl (C=O) groups is 1. The first kappa shape index (κ1) is 15.0. The predicted molar refractivity (Wildman–Crippen MR) is 94.1 cm³/mol. The SMILES string of the molecule is CC1(C)CCC2=C(C1=O)C(c1csc(C#N)c1)C1=C(CCS1)N2. The number of allylic oxidation sites excluding steroid dienone is 4. The Morgan fingerprint density at radius 3 is 2.91 bits per heavy atom. The van der Waals surface area contributed by atoms with Crippen LogP contribution >= 0.6 is 23.1 Å². The fourth-order valence-electron chi connectivity index (χ4n) is 3.67. The zero-order valence-electron chi connectivity index (χ0n) is 13.2. The van der Waals surface area contributed by atoms with E-state index in [4.69, 9.17) is 5.26 Å². The van der Waals surface area contributed by atoms with Gasteiger partial charge in [0.05, 0.1) is 0 Å². The molecule has 1 aromatic rings. The molecular formula is C18H18N2OS2. The monoisotopic (exact) mass is 342 g/mol. The average molecular weight is 342 g/mol. The van der Waals surface area contributed by atoms with E-state index in [2.05, 4.69) is 30.6 Å². The molecule has 3 nitrogen and oxygen atoms in total. The third-order valence-electron chi connectivity index (χ3n) is 5.01. The highest BCUT2D eigenvalue weighted by Gasteiger charge is 2.44. The molecule has 0 bridgehead atoms. The molecule has 1 unspecified atom stereocenters. The van der Waals surface area contributed by atoms with Gasteiger partial charge in [0.15, 0.2) is 5.78 Å². The van der Waals surface area contributed by atoms with E-state index >= 15 is 0 Å². The summed E-state index contributed by atoms with van der Waals surface area (Å²) >= 11 is 3.33. The number of Topliss-reactive ketones (excluding diaryl/α,β-unsaturated/α-hetero) is 1. The van der Waals surface area contributed by atoms with Crippen LogP contribution in [0.15, 0.2) is 33.3 Å². The first-order valence-electron chi connectivity index (χ1n) is 7.90. The Hall–Kier alpha value is -1.51. The minimum absolute atomic E-state index is 0.0270. The van der Waals surface area contributed by atoms with Crippen molar-refractivity contribution in [1.29, 1.82) is 5.26 Å². The number of nitrogens with one attached hydrogen (secondary N) is 1. The van der Waals surface area contributed by atoms with E-state index in [0.29, 0.717) is 4.88 Å². The van der Waals surface area contributed by atoms with Crippen LogP contribution in [0.2, 0.25) is 0 Å². The van der Waals surface area contributed by atoms with Crippen LogP contribution in [0.25, 0.3) is 0 Å². The molecule has 5 heteroatoms. The Morgan fingerprint density at radius 1 is 1.35 bits per heavy atom. The highest BCUT2D eigenvalue weighted by Crippen LogP contribution is 2.52. The number of thioether (sulfide) groups is 1. The number of hydrogen-bond donors (Lipinski definition) is 1. The predicted octanol–water partition coefficient (Wildman–Crippen LogP) is 4.30. The molecule has 0 saturated carbocycles. The van der Waals surface area contributed by atoms with Crippen molar-refractivity contribution >= 4 is 28.9 Å². The lowest BCUT2D eigenvalue weighted by Gasteiger charge is -2.38. The molecule has 0 spiro atoms. The molecule has 0 radical (unpaired) electrons. The summed E-state index contributed by atoms with van der Waals surface area (Å²) in [5.41, 5.74) is 4.15. The molecule has 3 aliphatic rings. The van der Waals surface area contributed by atoms with Gasteiger partial charge < -0.3 is 5.32 Å². The van der Waals surface area contributed by atoms with Crippen molar-refractivity contribution in [3.63, 3.8) is 0 Å². The maximum absolute atomic E-state index is 13.1. The largest absolute Gasteiger partial charge is 0.361 e. The Kier molecular flexibility index (Phi) is 3.44. The van der Waals surface area contributed by atoms with Gasteiger partial charge in [-0.15, -0.1) is 23.1 Å². The van der Waals surface area contributed by atoms with Crippen molar-refractivity contribution in [1.82, 2.24) is 5.32 Å². The summed E-state index contributed by atoms with van der Waals surface area (Å²) in [5.74, 6) is 1.36. The van der Waals surface area contributed by atoms with Gasteiger partial charge in [-0.05, 0) is 36.3 Å². The first-order valence-corrected chi connectivity index (χ1v) is 9.77. The molecule has 23 heavy (non-hydrogen) atoms. The zero-order valence-corrected chi connectivity index (χ0v) is 14.9. The van der Waals surface area contributed by atoms with Crippen molar-refractivity contribution in [3.8, 4) is 6.07 Å². The maximum atomic E-state index is 13.1. The van der Waals surface area contributed by atoms with Gasteiger partial charge in [-0.2, -0.15) is 5.26 Å². The number of thiophene rings is 1. The van der Waals surface area contributed by atoms with Crippen molar-refractivity contribution in [2.75, 3.05) is 5.75 Å². The summed E-state index contributed by atoms with van der Waals surface area (Å²) < 4.78 is 0. The fourth-order valence-corrected chi connectivity index (χ4v) is 5.67. The number of nitrogens with zero attached hydrogens (tertiary/aromatic N) is 1. The van der Waals surface area contributed by atoms with Crippen LogP contribution in [0, 0.1) is 16.7 Å². The van der Waals surface area contributed by atoms with Gasteiger partial charge >= 0.3 is 0 Å². The lowest BCUT2D eigenvalue weighted by atomic mass is 9.69. The average Bonchev–Trinajstić information content (AvgIpc) is 3.18. The fraction of sp³-hybridized carbons (Fsp3) is 0.444. The highest BCUT2D eigenvalue weighted by molar-refractivity contribution is 8.03. The van der Waals surface area contributed by atoms with Crippen molar-refractivity contribution in [2.24, 2.45) is 5.41 Å². The van der Waals surface area contributed by atoms with E-state index in [9.17, 15) is 4.79 Å². The maximum Gasteiger partial charge on any atom is 0.167 e. The van der Waals surface area contributed by atoms with E-state index in [1.807, 2.05) is 17.8 Å². The number of hydrogen-bond acceptors (Lipinski definition) is 5. The Morgan fingerprint density at radius 2 is 2.17 bits per heavy atom. The minimum Gasteiger partial charge on any atom is -0.361 e.